The summed E-state index contributed by atoms with van der Waals surface area (Å²) in [5.41, 5.74) is 2.32. The van der Waals surface area contributed by atoms with Crippen molar-refractivity contribution >= 4 is 34.8 Å². The third-order valence-corrected chi connectivity index (χ3v) is 4.19. The second kappa shape index (κ2) is 7.13. The number of nitrogens with zero attached hydrogens (tertiary/aromatic N) is 1. The van der Waals surface area contributed by atoms with Crippen LogP contribution in [0, 0.1) is 0 Å². The van der Waals surface area contributed by atoms with Crippen LogP contribution in [0.1, 0.15) is 5.69 Å². The summed E-state index contributed by atoms with van der Waals surface area (Å²) in [5, 5.41) is 10.0. The molecule has 8 heteroatoms. The van der Waals surface area contributed by atoms with E-state index in [0.29, 0.717) is 33.6 Å². The van der Waals surface area contributed by atoms with Gasteiger partial charge in [0.15, 0.2) is 18.1 Å². The smallest absolute Gasteiger partial charge is 0.262 e. The summed E-state index contributed by atoms with van der Waals surface area (Å²) in [7, 11) is 0. The molecule has 27 heavy (non-hydrogen) atoms. The van der Waals surface area contributed by atoms with Crippen LogP contribution in [0.2, 0.25) is 5.02 Å². The summed E-state index contributed by atoms with van der Waals surface area (Å²) in [6.45, 7) is -0.0897. The first-order valence-corrected chi connectivity index (χ1v) is 8.53. The van der Waals surface area contributed by atoms with E-state index in [1.807, 2.05) is 12.1 Å². The zero-order valence-corrected chi connectivity index (χ0v) is 14.7. The highest BCUT2D eigenvalue weighted by Crippen LogP contribution is 2.35. The number of amides is 2. The Kier molecular flexibility index (Phi) is 4.52. The summed E-state index contributed by atoms with van der Waals surface area (Å²) in [5.74, 6) is 0.480. The molecule has 1 aliphatic rings. The normalized spacial score (nSPS) is 12.7. The lowest BCUT2D eigenvalue weighted by Gasteiger charge is -2.20. The second-order valence-electron chi connectivity index (χ2n) is 5.93. The van der Waals surface area contributed by atoms with Gasteiger partial charge >= 0.3 is 0 Å². The molecule has 0 fully saturated rings. The van der Waals surface area contributed by atoms with Gasteiger partial charge in [0.25, 0.3) is 5.91 Å². The van der Waals surface area contributed by atoms with Crippen LogP contribution in [0.25, 0.3) is 11.3 Å². The van der Waals surface area contributed by atoms with E-state index in [9.17, 15) is 9.59 Å². The summed E-state index contributed by atoms with van der Waals surface area (Å²) in [6, 6.07) is 14.0. The third-order valence-electron chi connectivity index (χ3n) is 3.94. The van der Waals surface area contributed by atoms with Crippen molar-refractivity contribution in [3.05, 3.63) is 59.2 Å². The maximum atomic E-state index is 12.4. The Balaban J connectivity index is 1.46. The Morgan fingerprint density at radius 3 is 2.85 bits per heavy atom. The van der Waals surface area contributed by atoms with Crippen molar-refractivity contribution in [2.75, 3.05) is 17.2 Å². The molecule has 1 aromatic heterocycles. The summed E-state index contributed by atoms with van der Waals surface area (Å²) >= 11 is 5.88. The molecule has 4 rings (SSSR count). The Labute approximate surface area is 159 Å². The molecule has 0 aliphatic carbocycles. The molecule has 1 aliphatic heterocycles. The van der Waals surface area contributed by atoms with Gasteiger partial charge in [-0.1, -0.05) is 22.8 Å². The maximum absolute atomic E-state index is 12.4. The fraction of sp³-hybridized carbons (Fsp3) is 0.105. The van der Waals surface area contributed by atoms with Gasteiger partial charge in [-0.15, -0.1) is 0 Å². The molecule has 0 saturated carbocycles. The lowest BCUT2D eigenvalue weighted by Crippen LogP contribution is -2.26. The quantitative estimate of drug-likeness (QED) is 0.719. The fourth-order valence-corrected chi connectivity index (χ4v) is 2.84. The molecule has 0 spiro atoms. The van der Waals surface area contributed by atoms with E-state index in [4.69, 9.17) is 20.9 Å². The maximum Gasteiger partial charge on any atom is 0.262 e. The minimum absolute atomic E-state index is 0.0348. The Morgan fingerprint density at radius 2 is 2.04 bits per heavy atom. The molecule has 3 aromatic rings. The molecule has 2 aromatic carbocycles. The molecule has 0 unspecified atom stereocenters. The highest BCUT2D eigenvalue weighted by Gasteiger charge is 2.20. The highest BCUT2D eigenvalue weighted by molar-refractivity contribution is 6.30. The number of ether oxygens (including phenoxy) is 1. The van der Waals surface area contributed by atoms with Crippen LogP contribution in [0.5, 0.6) is 5.75 Å². The molecular weight excluding hydrogens is 370 g/mol. The van der Waals surface area contributed by atoms with E-state index >= 15 is 0 Å². The number of halogens is 1. The standard InChI is InChI=1S/C19H14ClN3O4/c20-12-6-4-11(5-7-12)16-8-13(23-27-16)9-17(24)21-14-2-1-3-15-19(14)26-10-18(25)22-15/h1-8H,9-10H2,(H,21,24)(H,22,25). The Bertz CT molecular complexity index is 1010. The Morgan fingerprint density at radius 1 is 1.22 bits per heavy atom. The highest BCUT2D eigenvalue weighted by atomic mass is 35.5. The van der Waals surface area contributed by atoms with Gasteiger partial charge in [-0.3, -0.25) is 9.59 Å². The van der Waals surface area contributed by atoms with E-state index < -0.39 is 0 Å². The minimum Gasteiger partial charge on any atom is -0.479 e. The van der Waals surface area contributed by atoms with Gasteiger partial charge in [0.2, 0.25) is 5.91 Å². The predicted molar refractivity (Wildman–Crippen MR) is 99.8 cm³/mol. The topological polar surface area (TPSA) is 93.5 Å². The summed E-state index contributed by atoms with van der Waals surface area (Å²) in [6.07, 6.45) is 0.0348. The number of fused-ring (bicyclic) bond motifs is 1. The van der Waals surface area contributed by atoms with Crippen LogP contribution < -0.4 is 15.4 Å². The van der Waals surface area contributed by atoms with Gasteiger partial charge in [-0.05, 0) is 36.4 Å². The molecule has 0 saturated heterocycles. The molecule has 0 radical (unpaired) electrons. The monoisotopic (exact) mass is 383 g/mol. The van der Waals surface area contributed by atoms with Crippen LogP contribution >= 0.6 is 11.6 Å². The predicted octanol–water partition coefficient (Wildman–Crippen LogP) is 3.51. The molecule has 0 bridgehead atoms. The molecule has 2 N–H and O–H groups in total. The SMILES string of the molecule is O=C1COc2c(cccc2NC(=O)Cc2cc(-c3ccc(Cl)cc3)on2)N1. The van der Waals surface area contributed by atoms with E-state index in [1.54, 1.807) is 36.4 Å². The number of aromatic nitrogens is 1. The number of hydrogen-bond donors (Lipinski definition) is 2. The minimum atomic E-state index is -0.278. The van der Waals surface area contributed by atoms with Crippen molar-refractivity contribution in [3.63, 3.8) is 0 Å². The first-order valence-electron chi connectivity index (χ1n) is 8.15. The number of nitrogens with one attached hydrogen (secondary N) is 2. The first kappa shape index (κ1) is 17.1. The summed E-state index contributed by atoms with van der Waals surface area (Å²) in [4.78, 5) is 23.8. The van der Waals surface area contributed by atoms with Gasteiger partial charge in [-0.25, -0.2) is 0 Å². The third kappa shape index (κ3) is 3.78. The van der Waals surface area contributed by atoms with Crippen LogP contribution in [0.4, 0.5) is 11.4 Å². The second-order valence-corrected chi connectivity index (χ2v) is 6.37. The van der Waals surface area contributed by atoms with Gasteiger partial charge < -0.3 is 19.9 Å². The first-order chi connectivity index (χ1) is 13.1. The van der Waals surface area contributed by atoms with Crippen molar-refractivity contribution < 1.29 is 18.8 Å². The van der Waals surface area contributed by atoms with Gasteiger partial charge in [0.05, 0.1) is 23.5 Å². The zero-order valence-electron chi connectivity index (χ0n) is 14.0. The van der Waals surface area contributed by atoms with Crippen molar-refractivity contribution in [2.45, 2.75) is 6.42 Å². The number of para-hydroxylation sites is 1. The fourth-order valence-electron chi connectivity index (χ4n) is 2.72. The zero-order chi connectivity index (χ0) is 18.8. The van der Waals surface area contributed by atoms with Crippen molar-refractivity contribution in [3.8, 4) is 17.1 Å². The molecule has 7 nitrogen and oxygen atoms in total. The molecular formula is C19H14ClN3O4. The number of carbonyl (C=O) groups is 2. The summed E-state index contributed by atoms with van der Waals surface area (Å²) < 4.78 is 10.7. The number of anilines is 2. The van der Waals surface area contributed by atoms with Crippen LogP contribution in [0.3, 0.4) is 0 Å². The van der Waals surface area contributed by atoms with E-state index in [-0.39, 0.29) is 24.8 Å². The van der Waals surface area contributed by atoms with E-state index in [0.717, 1.165) is 5.56 Å². The number of carbonyl (C=O) groups excluding carboxylic acids is 2. The van der Waals surface area contributed by atoms with E-state index in [1.165, 1.54) is 0 Å². The van der Waals surface area contributed by atoms with Crippen LogP contribution in [-0.2, 0) is 16.0 Å². The number of hydrogen-bond acceptors (Lipinski definition) is 5. The molecule has 0 atom stereocenters. The van der Waals surface area contributed by atoms with Crippen molar-refractivity contribution in [1.29, 1.82) is 0 Å². The number of rotatable bonds is 4. The lowest BCUT2D eigenvalue weighted by atomic mass is 10.1. The van der Waals surface area contributed by atoms with Crippen molar-refractivity contribution in [2.24, 2.45) is 0 Å². The molecule has 2 amide bonds. The van der Waals surface area contributed by atoms with Crippen LogP contribution in [-0.4, -0.2) is 23.6 Å². The number of benzene rings is 2. The molecule has 136 valence electrons. The van der Waals surface area contributed by atoms with Gasteiger partial charge in [0.1, 0.15) is 0 Å². The largest absolute Gasteiger partial charge is 0.479 e. The van der Waals surface area contributed by atoms with Gasteiger partial charge in [0, 0.05) is 16.7 Å². The van der Waals surface area contributed by atoms with Crippen molar-refractivity contribution in [1.82, 2.24) is 5.16 Å². The average Bonchev–Trinajstić information content (AvgIpc) is 3.10. The van der Waals surface area contributed by atoms with Gasteiger partial charge in [-0.2, -0.15) is 0 Å². The Hall–Kier alpha value is -3.32. The average molecular weight is 384 g/mol. The lowest BCUT2D eigenvalue weighted by molar-refractivity contribution is -0.118. The molecule has 2 heterocycles. The van der Waals surface area contributed by atoms with E-state index in [2.05, 4.69) is 15.8 Å². The van der Waals surface area contributed by atoms with Crippen LogP contribution in [0.15, 0.2) is 53.1 Å².